The fourth-order valence-electron chi connectivity index (χ4n) is 11.5. The summed E-state index contributed by atoms with van der Waals surface area (Å²) in [4.78, 5) is 2.47. The third kappa shape index (κ3) is 5.67. The van der Waals surface area contributed by atoms with Crippen molar-refractivity contribution in [1.82, 2.24) is 0 Å². The highest BCUT2D eigenvalue weighted by Gasteiger charge is 2.58. The van der Waals surface area contributed by atoms with Gasteiger partial charge in [0.15, 0.2) is 0 Å². The van der Waals surface area contributed by atoms with E-state index < -0.39 is 10.8 Å². The first-order valence-corrected chi connectivity index (χ1v) is 22.1. The molecule has 0 saturated heterocycles. The summed E-state index contributed by atoms with van der Waals surface area (Å²) >= 11 is 0. The first-order chi connectivity index (χ1) is 29.9. The summed E-state index contributed by atoms with van der Waals surface area (Å²) < 4.78 is 0. The maximum absolute atomic E-state index is 2.54. The number of rotatable bonds is 7. The summed E-state index contributed by atoms with van der Waals surface area (Å²) in [5.74, 6) is 0.350. The normalized spacial score (nSPS) is 19.8. The van der Waals surface area contributed by atoms with Gasteiger partial charge in [0.1, 0.15) is 0 Å². The second-order valence-electron chi connectivity index (χ2n) is 18.3. The first-order valence-electron chi connectivity index (χ1n) is 22.1. The van der Waals surface area contributed by atoms with Crippen molar-refractivity contribution in [2.24, 2.45) is 5.92 Å². The Bertz CT molecular complexity index is 2920. The number of benzene rings is 8. The molecular weight excluding hydrogens is 735 g/mol. The summed E-state index contributed by atoms with van der Waals surface area (Å²) in [5, 5.41) is 0. The Hall–Kier alpha value is -6.70. The van der Waals surface area contributed by atoms with Crippen LogP contribution in [0, 0.1) is 5.92 Å². The molecule has 8 aromatic rings. The van der Waals surface area contributed by atoms with Crippen LogP contribution in [0.15, 0.2) is 212 Å². The average Bonchev–Trinajstić information content (AvgIpc) is 3.63. The summed E-state index contributed by atoms with van der Waals surface area (Å²) in [5.41, 5.74) is 18.9. The van der Waals surface area contributed by atoms with Crippen LogP contribution in [0.5, 0.6) is 0 Å². The zero-order valence-electron chi connectivity index (χ0n) is 35.4. The Morgan fingerprint density at radius 3 is 1.74 bits per heavy atom. The fourth-order valence-corrected chi connectivity index (χ4v) is 11.5. The van der Waals surface area contributed by atoms with Crippen molar-refractivity contribution in [1.29, 1.82) is 0 Å². The van der Waals surface area contributed by atoms with Crippen molar-refractivity contribution in [2.45, 2.75) is 56.3 Å². The van der Waals surface area contributed by atoms with E-state index in [1.807, 2.05) is 0 Å². The molecule has 3 aliphatic carbocycles. The second-order valence-corrected chi connectivity index (χ2v) is 18.3. The Balaban J connectivity index is 1.18. The molecule has 1 heteroatoms. The highest BCUT2D eigenvalue weighted by molar-refractivity contribution is 5.91. The van der Waals surface area contributed by atoms with Crippen LogP contribution in [-0.2, 0) is 16.2 Å². The number of anilines is 3. The summed E-state index contributed by atoms with van der Waals surface area (Å²) in [6, 6.07) is 75.9. The molecule has 3 unspecified atom stereocenters. The molecule has 8 aromatic carbocycles. The minimum Gasteiger partial charge on any atom is -0.310 e. The Labute approximate surface area is 361 Å². The maximum atomic E-state index is 2.54. The molecule has 3 atom stereocenters. The van der Waals surface area contributed by atoms with E-state index in [1.165, 1.54) is 66.8 Å². The molecule has 0 bridgehead atoms. The molecule has 0 spiro atoms. The number of hydrogen-bond donors (Lipinski definition) is 0. The molecule has 0 radical (unpaired) electrons. The maximum Gasteiger partial charge on any atom is 0.0719 e. The van der Waals surface area contributed by atoms with Crippen molar-refractivity contribution in [3.05, 3.63) is 257 Å². The van der Waals surface area contributed by atoms with Gasteiger partial charge in [-0.2, -0.15) is 0 Å². The van der Waals surface area contributed by atoms with Gasteiger partial charge in [0, 0.05) is 22.5 Å². The van der Waals surface area contributed by atoms with Gasteiger partial charge < -0.3 is 4.90 Å². The highest BCUT2D eigenvalue weighted by atomic mass is 15.1. The van der Waals surface area contributed by atoms with Gasteiger partial charge in [0.25, 0.3) is 0 Å². The molecule has 3 aliphatic rings. The third-order valence-electron chi connectivity index (χ3n) is 14.1. The topological polar surface area (TPSA) is 3.24 Å². The van der Waals surface area contributed by atoms with E-state index in [0.29, 0.717) is 5.92 Å². The van der Waals surface area contributed by atoms with Crippen molar-refractivity contribution in [3.63, 3.8) is 0 Å². The highest BCUT2D eigenvalue weighted by Crippen LogP contribution is 2.66. The lowest BCUT2D eigenvalue weighted by Gasteiger charge is -2.53. The van der Waals surface area contributed by atoms with Gasteiger partial charge >= 0.3 is 0 Å². The van der Waals surface area contributed by atoms with Crippen molar-refractivity contribution in [3.8, 4) is 22.3 Å². The second kappa shape index (κ2) is 14.5. The van der Waals surface area contributed by atoms with Crippen LogP contribution in [-0.4, -0.2) is 0 Å². The fraction of sp³-hybridized carbons (Fsp3) is 0.167. The lowest BCUT2D eigenvalue weighted by atomic mass is 9.49. The number of nitrogens with zero attached hydrogens (tertiary/aromatic N) is 1. The van der Waals surface area contributed by atoms with Crippen LogP contribution in [0.25, 0.3) is 22.3 Å². The van der Waals surface area contributed by atoms with Gasteiger partial charge in [-0.15, -0.1) is 0 Å². The van der Waals surface area contributed by atoms with Gasteiger partial charge in [-0.1, -0.05) is 197 Å². The van der Waals surface area contributed by atoms with Gasteiger partial charge in [0.05, 0.1) is 5.41 Å². The molecule has 0 aromatic heterocycles. The molecular formula is C60H51N. The summed E-state index contributed by atoms with van der Waals surface area (Å²) in [6.45, 7) is 6.87. The Morgan fingerprint density at radius 2 is 1.03 bits per heavy atom. The van der Waals surface area contributed by atoms with E-state index in [9.17, 15) is 0 Å². The quantitative estimate of drug-likeness (QED) is 0.146. The van der Waals surface area contributed by atoms with Crippen LogP contribution in [0.4, 0.5) is 17.1 Å². The van der Waals surface area contributed by atoms with E-state index >= 15 is 0 Å². The van der Waals surface area contributed by atoms with Gasteiger partial charge in [-0.3, -0.25) is 0 Å². The van der Waals surface area contributed by atoms with Crippen LogP contribution in [0.1, 0.15) is 84.5 Å². The van der Waals surface area contributed by atoms with Crippen molar-refractivity contribution >= 4 is 17.1 Å². The smallest absolute Gasteiger partial charge is 0.0719 e. The lowest BCUT2D eigenvalue weighted by molar-refractivity contribution is 0.331. The predicted molar refractivity (Wildman–Crippen MR) is 255 cm³/mol. The minimum absolute atomic E-state index is 0.0559. The summed E-state index contributed by atoms with van der Waals surface area (Å²) in [6.07, 6.45) is 8.07. The van der Waals surface area contributed by atoms with Crippen molar-refractivity contribution in [2.75, 3.05) is 4.90 Å². The van der Waals surface area contributed by atoms with Crippen LogP contribution in [0.3, 0.4) is 0 Å². The van der Waals surface area contributed by atoms with E-state index in [2.05, 4.69) is 238 Å². The van der Waals surface area contributed by atoms with Crippen LogP contribution < -0.4 is 4.90 Å². The number of hydrogen-bond acceptors (Lipinski definition) is 1. The molecule has 0 heterocycles. The zero-order valence-corrected chi connectivity index (χ0v) is 35.4. The predicted octanol–water partition coefficient (Wildman–Crippen LogP) is 15.5. The Morgan fingerprint density at radius 1 is 0.459 bits per heavy atom. The molecule has 0 fully saturated rings. The SMILES string of the molecule is CC(C)(C)c1ccc(N(c2ccc(-c3ccccc3)cc2)c2cccc(C3(C4CC=CCC4)c4ccccc4C4(c5ccccc5)c5ccccc5-c5cccc3c54)c2)cc1. The molecule has 61 heavy (non-hydrogen) atoms. The van der Waals surface area contributed by atoms with Gasteiger partial charge in [-0.25, -0.2) is 0 Å². The molecule has 0 N–H and O–H groups in total. The first kappa shape index (κ1) is 37.3. The standard InChI is InChI=1S/C60H51N/c1-58(2,3)44-35-39-49(40-36-44)61(48-37-33-43(34-38-48)42-19-7-4-8-20-42)50-26-17-25-47(41-50)59(45-21-9-5-10-22-45)54-30-15-16-31-55(54)60(46-23-11-6-12-24-46)53-29-14-13-27-51(53)52-28-18-32-56(59)57(52)60/h4-9,11-20,23-41,45H,10,21-22H2,1-3H3. The molecule has 296 valence electrons. The van der Waals surface area contributed by atoms with Gasteiger partial charge in [-0.05, 0) is 134 Å². The van der Waals surface area contributed by atoms with E-state index in [0.717, 1.165) is 36.3 Å². The third-order valence-corrected chi connectivity index (χ3v) is 14.1. The van der Waals surface area contributed by atoms with Crippen LogP contribution in [0.2, 0.25) is 0 Å². The molecule has 11 rings (SSSR count). The zero-order chi connectivity index (χ0) is 41.2. The molecule has 0 aliphatic heterocycles. The Kier molecular flexibility index (Phi) is 8.86. The average molecular weight is 786 g/mol. The number of allylic oxidation sites excluding steroid dienone is 2. The molecule has 0 amide bonds. The van der Waals surface area contributed by atoms with E-state index in [-0.39, 0.29) is 5.41 Å². The minimum atomic E-state index is -0.437. The largest absolute Gasteiger partial charge is 0.310 e. The van der Waals surface area contributed by atoms with Crippen LogP contribution >= 0.6 is 0 Å². The van der Waals surface area contributed by atoms with E-state index in [4.69, 9.17) is 0 Å². The van der Waals surface area contributed by atoms with Crippen molar-refractivity contribution < 1.29 is 0 Å². The molecule has 0 saturated carbocycles. The van der Waals surface area contributed by atoms with Gasteiger partial charge in [0.2, 0.25) is 0 Å². The molecule has 1 nitrogen and oxygen atoms in total. The lowest BCUT2D eigenvalue weighted by Crippen LogP contribution is -2.47. The van der Waals surface area contributed by atoms with E-state index in [1.54, 1.807) is 0 Å². The summed E-state index contributed by atoms with van der Waals surface area (Å²) in [7, 11) is 0. The number of fused-ring (bicyclic) bond motifs is 5. The monoisotopic (exact) mass is 785 g/mol.